The lowest BCUT2D eigenvalue weighted by Crippen LogP contribution is -2.04. The summed E-state index contributed by atoms with van der Waals surface area (Å²) in [6.45, 7) is 3.35. The van der Waals surface area contributed by atoms with Gasteiger partial charge in [0.15, 0.2) is 0 Å². The lowest BCUT2D eigenvalue weighted by atomic mass is 10.1. The average Bonchev–Trinajstić information content (AvgIpc) is 2.97. The predicted molar refractivity (Wildman–Crippen MR) is 83.6 cm³/mol. The van der Waals surface area contributed by atoms with Crippen molar-refractivity contribution in [3.05, 3.63) is 71.4 Å². The first kappa shape index (κ1) is 13.5. The highest BCUT2D eigenvalue weighted by molar-refractivity contribution is 5.58. The number of benzene rings is 2. The van der Waals surface area contributed by atoms with Crippen LogP contribution in [0.25, 0.3) is 11.3 Å². The van der Waals surface area contributed by atoms with E-state index in [1.165, 1.54) is 11.1 Å². The van der Waals surface area contributed by atoms with Gasteiger partial charge in [-0.1, -0.05) is 59.3 Å². The summed E-state index contributed by atoms with van der Waals surface area (Å²) in [6.07, 6.45) is 1.80. The Bertz CT molecular complexity index is 711. The van der Waals surface area contributed by atoms with Crippen molar-refractivity contribution in [3.63, 3.8) is 0 Å². The number of hydrogen-bond acceptors (Lipinski definition) is 3. The van der Waals surface area contributed by atoms with Crippen LogP contribution in [0.4, 0.5) is 0 Å². The maximum atomic E-state index is 5.62. The second kappa shape index (κ2) is 5.89. The van der Waals surface area contributed by atoms with E-state index >= 15 is 0 Å². The van der Waals surface area contributed by atoms with Crippen LogP contribution in [-0.4, -0.2) is 15.0 Å². The number of nitrogens with two attached hydrogens (primary N) is 1. The number of aryl methyl sites for hydroxylation is 1. The van der Waals surface area contributed by atoms with Gasteiger partial charge >= 0.3 is 0 Å². The molecule has 0 bridgehead atoms. The van der Waals surface area contributed by atoms with E-state index in [-0.39, 0.29) is 0 Å². The van der Waals surface area contributed by atoms with E-state index in [2.05, 4.69) is 65.8 Å². The third kappa shape index (κ3) is 3.01. The van der Waals surface area contributed by atoms with Crippen LogP contribution in [-0.2, 0) is 13.1 Å². The third-order valence-corrected chi connectivity index (χ3v) is 3.56. The van der Waals surface area contributed by atoms with Gasteiger partial charge in [0.05, 0.1) is 18.4 Å². The van der Waals surface area contributed by atoms with Crippen molar-refractivity contribution >= 4 is 0 Å². The molecule has 0 saturated heterocycles. The maximum absolute atomic E-state index is 5.62. The molecule has 0 amide bonds. The molecule has 0 aliphatic rings. The predicted octanol–water partition coefficient (Wildman–Crippen LogP) is 2.76. The van der Waals surface area contributed by atoms with Crippen LogP contribution < -0.4 is 5.73 Å². The minimum atomic E-state index is 0.568. The van der Waals surface area contributed by atoms with Crippen molar-refractivity contribution in [2.75, 3.05) is 0 Å². The Morgan fingerprint density at radius 2 is 1.62 bits per heavy atom. The molecular formula is C17H18N4. The van der Waals surface area contributed by atoms with Crippen molar-refractivity contribution < 1.29 is 0 Å². The summed E-state index contributed by atoms with van der Waals surface area (Å²) in [5.74, 6) is 0. The van der Waals surface area contributed by atoms with E-state index in [4.69, 9.17) is 5.73 Å². The summed E-state index contributed by atoms with van der Waals surface area (Å²) in [7, 11) is 0. The monoisotopic (exact) mass is 278 g/mol. The largest absolute Gasteiger partial charge is 0.326 e. The van der Waals surface area contributed by atoms with Crippen molar-refractivity contribution in [2.45, 2.75) is 20.0 Å². The molecule has 0 spiro atoms. The van der Waals surface area contributed by atoms with E-state index in [1.807, 2.05) is 4.68 Å². The fourth-order valence-corrected chi connectivity index (χ4v) is 2.28. The molecule has 1 heterocycles. The summed E-state index contributed by atoms with van der Waals surface area (Å²) in [6, 6.07) is 16.7. The molecule has 2 aromatic carbocycles. The van der Waals surface area contributed by atoms with Gasteiger partial charge in [0.1, 0.15) is 0 Å². The van der Waals surface area contributed by atoms with Gasteiger partial charge in [0.2, 0.25) is 0 Å². The molecule has 2 N–H and O–H groups in total. The van der Waals surface area contributed by atoms with Gasteiger partial charge in [0, 0.05) is 12.1 Å². The topological polar surface area (TPSA) is 56.7 Å². The van der Waals surface area contributed by atoms with Crippen LogP contribution in [0.5, 0.6) is 0 Å². The quantitative estimate of drug-likeness (QED) is 0.798. The van der Waals surface area contributed by atoms with Crippen LogP contribution in [0.3, 0.4) is 0 Å². The molecule has 0 radical (unpaired) electrons. The Labute approximate surface area is 124 Å². The summed E-state index contributed by atoms with van der Waals surface area (Å²) in [5, 5.41) is 8.24. The van der Waals surface area contributed by atoms with Crippen LogP contribution in [0.2, 0.25) is 0 Å². The zero-order valence-electron chi connectivity index (χ0n) is 12.0. The van der Waals surface area contributed by atoms with Gasteiger partial charge in [-0.05, 0) is 18.1 Å². The Hall–Kier alpha value is -2.46. The van der Waals surface area contributed by atoms with Gasteiger partial charge in [-0.25, -0.2) is 4.68 Å². The number of hydrogen-bond donors (Lipinski definition) is 1. The van der Waals surface area contributed by atoms with E-state index in [0.717, 1.165) is 16.8 Å². The molecule has 4 nitrogen and oxygen atoms in total. The van der Waals surface area contributed by atoms with Gasteiger partial charge in [-0.15, -0.1) is 5.10 Å². The zero-order chi connectivity index (χ0) is 14.7. The Kier molecular flexibility index (Phi) is 3.79. The molecule has 1 aromatic heterocycles. The summed E-state index contributed by atoms with van der Waals surface area (Å²) in [5.41, 5.74) is 11.3. The fraction of sp³-hybridized carbons (Fsp3) is 0.176. The van der Waals surface area contributed by atoms with Crippen LogP contribution in [0.1, 0.15) is 16.7 Å². The second-order valence-electron chi connectivity index (χ2n) is 5.16. The molecule has 0 fully saturated rings. The first-order valence-corrected chi connectivity index (χ1v) is 6.99. The summed E-state index contributed by atoms with van der Waals surface area (Å²) >= 11 is 0. The van der Waals surface area contributed by atoms with Gasteiger partial charge in [-0.3, -0.25) is 0 Å². The first-order valence-electron chi connectivity index (χ1n) is 6.99. The molecule has 0 unspecified atom stereocenters. The number of aromatic nitrogens is 3. The zero-order valence-corrected chi connectivity index (χ0v) is 12.0. The standard InChI is InChI=1S/C17H18N4/c1-13-2-8-16(9-3-13)17-11-19-20-21(17)12-15-6-4-14(10-18)5-7-15/h2-9,11H,10,12,18H2,1H3. The number of nitrogens with zero attached hydrogens (tertiary/aromatic N) is 3. The highest BCUT2D eigenvalue weighted by Gasteiger charge is 2.07. The van der Waals surface area contributed by atoms with Crippen molar-refractivity contribution in [1.29, 1.82) is 0 Å². The Morgan fingerprint density at radius 3 is 2.29 bits per heavy atom. The molecular weight excluding hydrogens is 260 g/mol. The second-order valence-corrected chi connectivity index (χ2v) is 5.16. The highest BCUT2D eigenvalue weighted by Crippen LogP contribution is 2.19. The van der Waals surface area contributed by atoms with E-state index < -0.39 is 0 Å². The molecule has 3 rings (SSSR count). The van der Waals surface area contributed by atoms with Crippen LogP contribution in [0, 0.1) is 6.92 Å². The minimum Gasteiger partial charge on any atom is -0.326 e. The normalized spacial score (nSPS) is 10.8. The van der Waals surface area contributed by atoms with Crippen molar-refractivity contribution in [3.8, 4) is 11.3 Å². The van der Waals surface area contributed by atoms with Crippen LogP contribution in [0.15, 0.2) is 54.7 Å². The Morgan fingerprint density at radius 1 is 0.952 bits per heavy atom. The first-order chi connectivity index (χ1) is 10.3. The van der Waals surface area contributed by atoms with Crippen molar-refractivity contribution in [2.24, 2.45) is 5.73 Å². The van der Waals surface area contributed by atoms with Crippen LogP contribution >= 0.6 is 0 Å². The molecule has 4 heteroatoms. The third-order valence-electron chi connectivity index (χ3n) is 3.56. The molecule has 3 aromatic rings. The van der Waals surface area contributed by atoms with E-state index in [9.17, 15) is 0 Å². The SMILES string of the molecule is Cc1ccc(-c2cnnn2Cc2ccc(CN)cc2)cc1. The fourth-order valence-electron chi connectivity index (χ4n) is 2.28. The molecule has 0 atom stereocenters. The van der Waals surface area contributed by atoms with E-state index in [1.54, 1.807) is 6.20 Å². The smallest absolute Gasteiger partial charge is 0.0889 e. The Balaban J connectivity index is 1.86. The summed E-state index contributed by atoms with van der Waals surface area (Å²) < 4.78 is 1.92. The average molecular weight is 278 g/mol. The summed E-state index contributed by atoms with van der Waals surface area (Å²) in [4.78, 5) is 0. The maximum Gasteiger partial charge on any atom is 0.0889 e. The van der Waals surface area contributed by atoms with Gasteiger partial charge in [-0.2, -0.15) is 0 Å². The lowest BCUT2D eigenvalue weighted by molar-refractivity contribution is 0.655. The minimum absolute atomic E-state index is 0.568. The molecule has 21 heavy (non-hydrogen) atoms. The number of rotatable bonds is 4. The molecule has 106 valence electrons. The van der Waals surface area contributed by atoms with Gasteiger partial charge in [0.25, 0.3) is 0 Å². The van der Waals surface area contributed by atoms with Crippen molar-refractivity contribution in [1.82, 2.24) is 15.0 Å². The molecule has 0 aliphatic heterocycles. The molecule has 0 aliphatic carbocycles. The van der Waals surface area contributed by atoms with E-state index in [0.29, 0.717) is 13.1 Å². The highest BCUT2D eigenvalue weighted by atomic mass is 15.4. The lowest BCUT2D eigenvalue weighted by Gasteiger charge is -2.07. The molecule has 0 saturated carbocycles. The van der Waals surface area contributed by atoms with Gasteiger partial charge < -0.3 is 5.73 Å².